The van der Waals surface area contributed by atoms with E-state index in [1.807, 2.05) is 6.07 Å². The summed E-state index contributed by atoms with van der Waals surface area (Å²) in [6.07, 6.45) is 7.91. The van der Waals surface area contributed by atoms with Gasteiger partial charge >= 0.3 is 0 Å². The number of hydrogen-bond donors (Lipinski definition) is 2. The zero-order valence-corrected chi connectivity index (χ0v) is 12.6. The summed E-state index contributed by atoms with van der Waals surface area (Å²) >= 11 is 0. The molecular weight excluding hydrogens is 279 g/mol. The highest BCUT2D eigenvalue weighted by molar-refractivity contribution is 5.47. The molecule has 5 heteroatoms. The van der Waals surface area contributed by atoms with Gasteiger partial charge in [0.15, 0.2) is 0 Å². The lowest BCUT2D eigenvalue weighted by molar-refractivity contribution is 0.462. The van der Waals surface area contributed by atoms with E-state index in [4.69, 9.17) is 0 Å². The molecule has 2 N–H and O–H groups in total. The van der Waals surface area contributed by atoms with Crippen LogP contribution in [-0.4, -0.2) is 16.0 Å². The van der Waals surface area contributed by atoms with Gasteiger partial charge in [-0.25, -0.2) is 14.4 Å². The average molecular weight is 300 g/mol. The fraction of sp³-hybridized carbons (Fsp3) is 0.412. The van der Waals surface area contributed by atoms with Crippen LogP contribution in [0.3, 0.4) is 0 Å². The molecule has 0 unspecified atom stereocenters. The fourth-order valence-corrected chi connectivity index (χ4v) is 2.78. The monoisotopic (exact) mass is 300 g/mol. The molecule has 116 valence electrons. The minimum absolute atomic E-state index is 0.218. The molecule has 0 amide bonds. The summed E-state index contributed by atoms with van der Waals surface area (Å²) in [6.45, 7) is 0.611. The Morgan fingerprint density at radius 2 is 1.73 bits per heavy atom. The Bertz CT molecular complexity index is 594. The lowest BCUT2D eigenvalue weighted by Gasteiger charge is -2.23. The number of nitrogens with one attached hydrogen (secondary N) is 2. The van der Waals surface area contributed by atoms with Gasteiger partial charge in [-0.05, 0) is 30.5 Å². The second-order valence-corrected chi connectivity index (χ2v) is 5.75. The molecule has 0 bridgehead atoms. The molecule has 1 fully saturated rings. The molecule has 1 saturated carbocycles. The molecule has 1 aliphatic carbocycles. The van der Waals surface area contributed by atoms with E-state index in [9.17, 15) is 4.39 Å². The molecule has 1 aliphatic rings. The van der Waals surface area contributed by atoms with Crippen LogP contribution in [0.1, 0.15) is 37.7 Å². The Morgan fingerprint density at radius 3 is 2.50 bits per heavy atom. The first-order valence-corrected chi connectivity index (χ1v) is 7.86. The normalized spacial score (nSPS) is 15.5. The van der Waals surface area contributed by atoms with Gasteiger partial charge in [0.05, 0.1) is 0 Å². The van der Waals surface area contributed by atoms with Gasteiger partial charge in [-0.2, -0.15) is 0 Å². The number of rotatable bonds is 5. The van der Waals surface area contributed by atoms with Crippen LogP contribution >= 0.6 is 0 Å². The van der Waals surface area contributed by atoms with Crippen LogP contribution < -0.4 is 10.6 Å². The highest BCUT2D eigenvalue weighted by Crippen LogP contribution is 2.21. The topological polar surface area (TPSA) is 49.8 Å². The molecule has 2 aromatic rings. The molecule has 0 saturated heterocycles. The summed E-state index contributed by atoms with van der Waals surface area (Å²) in [6, 6.07) is 8.92. The van der Waals surface area contributed by atoms with Gasteiger partial charge in [0.2, 0.25) is 0 Å². The van der Waals surface area contributed by atoms with Crippen LogP contribution in [0.5, 0.6) is 0 Å². The first-order chi connectivity index (χ1) is 10.8. The zero-order valence-electron chi connectivity index (χ0n) is 12.6. The molecule has 0 aliphatic heterocycles. The minimum atomic E-state index is -0.218. The first-order valence-electron chi connectivity index (χ1n) is 7.86. The predicted molar refractivity (Wildman–Crippen MR) is 86.3 cm³/mol. The summed E-state index contributed by atoms with van der Waals surface area (Å²) in [7, 11) is 0. The molecule has 1 heterocycles. The highest BCUT2D eigenvalue weighted by atomic mass is 19.1. The van der Waals surface area contributed by atoms with Crippen molar-refractivity contribution in [2.45, 2.75) is 44.7 Å². The van der Waals surface area contributed by atoms with Crippen molar-refractivity contribution in [2.24, 2.45) is 0 Å². The maximum absolute atomic E-state index is 12.9. The van der Waals surface area contributed by atoms with Crippen molar-refractivity contribution >= 4 is 11.6 Å². The third kappa shape index (κ3) is 4.16. The van der Waals surface area contributed by atoms with Crippen molar-refractivity contribution in [3.8, 4) is 0 Å². The highest BCUT2D eigenvalue weighted by Gasteiger charge is 2.13. The van der Waals surface area contributed by atoms with Crippen LogP contribution in [0.4, 0.5) is 16.0 Å². The predicted octanol–water partition coefficient (Wildman–Crippen LogP) is 3.97. The summed E-state index contributed by atoms with van der Waals surface area (Å²) in [4.78, 5) is 8.52. The summed E-state index contributed by atoms with van der Waals surface area (Å²) in [5, 5.41) is 6.73. The number of aromatic nitrogens is 2. The lowest BCUT2D eigenvalue weighted by Crippen LogP contribution is -2.22. The van der Waals surface area contributed by atoms with Gasteiger partial charge in [0, 0.05) is 18.7 Å². The van der Waals surface area contributed by atoms with E-state index in [0.717, 1.165) is 17.2 Å². The summed E-state index contributed by atoms with van der Waals surface area (Å²) in [5.41, 5.74) is 1.02. The molecule has 0 radical (unpaired) electrons. The Balaban J connectivity index is 1.57. The quantitative estimate of drug-likeness (QED) is 0.877. The summed E-state index contributed by atoms with van der Waals surface area (Å²) < 4.78 is 12.9. The van der Waals surface area contributed by atoms with E-state index in [1.54, 1.807) is 18.5 Å². The molecular formula is C17H21FN4. The molecule has 0 spiro atoms. The molecule has 1 aromatic heterocycles. The van der Waals surface area contributed by atoms with Crippen molar-refractivity contribution < 1.29 is 4.39 Å². The smallest absolute Gasteiger partial charge is 0.131 e. The Hall–Kier alpha value is -2.17. The van der Waals surface area contributed by atoms with E-state index in [1.165, 1.54) is 44.2 Å². The van der Waals surface area contributed by atoms with Crippen molar-refractivity contribution in [3.05, 3.63) is 48.0 Å². The SMILES string of the molecule is Fc1ccc(CNc2cc(NC3CCCCC3)ncn2)cc1. The van der Waals surface area contributed by atoms with Gasteiger partial charge in [-0.3, -0.25) is 0 Å². The van der Waals surface area contributed by atoms with Gasteiger partial charge in [0.25, 0.3) is 0 Å². The molecule has 22 heavy (non-hydrogen) atoms. The number of benzene rings is 1. The van der Waals surface area contributed by atoms with Crippen LogP contribution in [0.2, 0.25) is 0 Å². The maximum Gasteiger partial charge on any atom is 0.131 e. The number of hydrogen-bond acceptors (Lipinski definition) is 4. The lowest BCUT2D eigenvalue weighted by atomic mass is 9.95. The minimum Gasteiger partial charge on any atom is -0.367 e. The van der Waals surface area contributed by atoms with Gasteiger partial charge in [-0.15, -0.1) is 0 Å². The Kier molecular flexibility index (Phi) is 4.83. The van der Waals surface area contributed by atoms with E-state index in [0.29, 0.717) is 12.6 Å². The first kappa shape index (κ1) is 14.8. The molecule has 4 nitrogen and oxygen atoms in total. The largest absolute Gasteiger partial charge is 0.367 e. The van der Waals surface area contributed by atoms with Gasteiger partial charge in [-0.1, -0.05) is 31.4 Å². The van der Waals surface area contributed by atoms with Crippen LogP contribution in [0, 0.1) is 5.82 Å². The van der Waals surface area contributed by atoms with Gasteiger partial charge in [0.1, 0.15) is 23.8 Å². The van der Waals surface area contributed by atoms with Crippen molar-refractivity contribution in [1.82, 2.24) is 9.97 Å². The van der Waals surface area contributed by atoms with E-state index in [-0.39, 0.29) is 5.82 Å². The second-order valence-electron chi connectivity index (χ2n) is 5.75. The molecule has 3 rings (SSSR count). The zero-order chi connectivity index (χ0) is 15.2. The number of nitrogens with zero attached hydrogens (tertiary/aromatic N) is 2. The van der Waals surface area contributed by atoms with E-state index < -0.39 is 0 Å². The fourth-order valence-electron chi connectivity index (χ4n) is 2.78. The number of halogens is 1. The third-order valence-corrected chi connectivity index (χ3v) is 4.01. The Labute approximate surface area is 130 Å². The molecule has 0 atom stereocenters. The van der Waals surface area contributed by atoms with Crippen molar-refractivity contribution in [2.75, 3.05) is 10.6 Å². The number of anilines is 2. The van der Waals surface area contributed by atoms with Crippen LogP contribution in [0.15, 0.2) is 36.7 Å². The van der Waals surface area contributed by atoms with Gasteiger partial charge < -0.3 is 10.6 Å². The Morgan fingerprint density at radius 1 is 1.00 bits per heavy atom. The van der Waals surface area contributed by atoms with Crippen LogP contribution in [0.25, 0.3) is 0 Å². The van der Waals surface area contributed by atoms with Crippen molar-refractivity contribution in [1.29, 1.82) is 0 Å². The van der Waals surface area contributed by atoms with E-state index in [2.05, 4.69) is 20.6 Å². The molecule has 1 aromatic carbocycles. The van der Waals surface area contributed by atoms with E-state index >= 15 is 0 Å². The second kappa shape index (κ2) is 7.20. The van der Waals surface area contributed by atoms with Crippen molar-refractivity contribution in [3.63, 3.8) is 0 Å². The average Bonchev–Trinajstić information content (AvgIpc) is 2.56. The maximum atomic E-state index is 12.9. The van der Waals surface area contributed by atoms with Crippen LogP contribution in [-0.2, 0) is 6.54 Å². The summed E-state index contributed by atoms with van der Waals surface area (Å²) in [5.74, 6) is 1.42. The standard InChI is InChI=1S/C17H21FN4/c18-14-8-6-13(7-9-14)11-19-16-10-17(21-12-20-16)22-15-4-2-1-3-5-15/h6-10,12,15H,1-5,11H2,(H2,19,20,21,22). The third-order valence-electron chi connectivity index (χ3n) is 4.01.